The Kier molecular flexibility index (Phi) is 8.01. The van der Waals surface area contributed by atoms with E-state index in [-0.39, 0.29) is 0 Å². The molecule has 0 bridgehead atoms. The summed E-state index contributed by atoms with van der Waals surface area (Å²) < 4.78 is 0. The van der Waals surface area contributed by atoms with E-state index in [9.17, 15) is 0 Å². The Labute approximate surface area is 112 Å². The summed E-state index contributed by atoms with van der Waals surface area (Å²) in [4.78, 5) is 0. The molecule has 1 nitrogen and oxygen atoms in total. The highest BCUT2D eigenvalue weighted by Crippen LogP contribution is 2.19. The molecule has 1 atom stereocenters. The lowest BCUT2D eigenvalue weighted by Crippen LogP contribution is -2.22. The molecule has 0 amide bonds. The highest BCUT2D eigenvalue weighted by Gasteiger charge is 2.09. The normalized spacial score (nSPS) is 11.7. The molecule has 0 saturated heterocycles. The van der Waals surface area contributed by atoms with Crippen LogP contribution in [-0.2, 0) is 0 Å². The second-order valence-corrected chi connectivity index (χ2v) is 4.59. The Morgan fingerprint density at radius 2 is 1.94 bits per heavy atom. The Morgan fingerprint density at radius 1 is 1.17 bits per heavy atom. The molecule has 0 spiro atoms. The van der Waals surface area contributed by atoms with Crippen LogP contribution in [0.3, 0.4) is 0 Å². The highest BCUT2D eigenvalue weighted by molar-refractivity contribution is 5.18. The molecule has 0 fully saturated rings. The van der Waals surface area contributed by atoms with Gasteiger partial charge in [0.1, 0.15) is 0 Å². The summed E-state index contributed by atoms with van der Waals surface area (Å²) in [6, 6.07) is 11.2. The van der Waals surface area contributed by atoms with Crippen molar-refractivity contribution in [3.8, 4) is 11.8 Å². The standard InChI is InChI=1S/C17H25N/c1-3-5-8-14-17(18-15-11-6-4-2)16-12-9-7-10-13-16/h7,9-10,12-13,17-18H,3,5,8,11,14-15H2,1-2H3. The molecule has 0 aromatic heterocycles. The Balaban J connectivity index is 2.48. The van der Waals surface area contributed by atoms with Gasteiger partial charge in [-0.3, -0.25) is 0 Å². The van der Waals surface area contributed by atoms with Gasteiger partial charge in [0.15, 0.2) is 0 Å². The van der Waals surface area contributed by atoms with Crippen molar-refractivity contribution in [2.45, 2.75) is 52.0 Å². The molecule has 0 aliphatic carbocycles. The first-order chi connectivity index (χ1) is 8.88. The van der Waals surface area contributed by atoms with E-state index in [2.05, 4.69) is 54.4 Å². The Bertz CT molecular complexity index is 358. The van der Waals surface area contributed by atoms with Crippen LogP contribution in [0.1, 0.15) is 57.6 Å². The highest BCUT2D eigenvalue weighted by atomic mass is 14.9. The summed E-state index contributed by atoms with van der Waals surface area (Å²) in [5.41, 5.74) is 1.40. The van der Waals surface area contributed by atoms with Gasteiger partial charge in [-0.1, -0.05) is 56.5 Å². The molecule has 1 unspecified atom stereocenters. The first-order valence-electron chi connectivity index (χ1n) is 7.06. The summed E-state index contributed by atoms with van der Waals surface area (Å²) in [6.07, 6.45) is 6.05. The number of unbranched alkanes of at least 4 members (excludes halogenated alkanes) is 2. The van der Waals surface area contributed by atoms with Crippen molar-refractivity contribution >= 4 is 0 Å². The van der Waals surface area contributed by atoms with Crippen LogP contribution in [0.5, 0.6) is 0 Å². The predicted molar refractivity (Wildman–Crippen MR) is 79.4 cm³/mol. The topological polar surface area (TPSA) is 12.0 Å². The van der Waals surface area contributed by atoms with Crippen molar-refractivity contribution in [2.75, 3.05) is 6.54 Å². The van der Waals surface area contributed by atoms with E-state index in [4.69, 9.17) is 0 Å². The van der Waals surface area contributed by atoms with E-state index in [1.54, 1.807) is 0 Å². The van der Waals surface area contributed by atoms with E-state index in [0.29, 0.717) is 6.04 Å². The fraction of sp³-hybridized carbons (Fsp3) is 0.529. The third kappa shape index (κ3) is 5.89. The third-order valence-corrected chi connectivity index (χ3v) is 3.12. The van der Waals surface area contributed by atoms with Gasteiger partial charge in [0.25, 0.3) is 0 Å². The maximum atomic E-state index is 3.63. The van der Waals surface area contributed by atoms with Crippen molar-refractivity contribution < 1.29 is 0 Å². The van der Waals surface area contributed by atoms with Crippen LogP contribution in [0.2, 0.25) is 0 Å². The molecule has 1 heteroatoms. The monoisotopic (exact) mass is 243 g/mol. The lowest BCUT2D eigenvalue weighted by Gasteiger charge is -2.18. The van der Waals surface area contributed by atoms with Crippen molar-refractivity contribution in [3.63, 3.8) is 0 Å². The van der Waals surface area contributed by atoms with Crippen molar-refractivity contribution in [2.24, 2.45) is 0 Å². The zero-order chi connectivity index (χ0) is 13.1. The number of benzene rings is 1. The molecule has 0 heterocycles. The maximum Gasteiger partial charge on any atom is 0.0320 e. The first-order valence-corrected chi connectivity index (χ1v) is 7.06. The van der Waals surface area contributed by atoms with Crippen LogP contribution in [-0.4, -0.2) is 6.54 Å². The SMILES string of the molecule is CC#CCCNC(CCCCC)c1ccccc1. The van der Waals surface area contributed by atoms with Crippen molar-refractivity contribution in [1.29, 1.82) is 0 Å². The van der Waals surface area contributed by atoms with E-state index in [1.165, 1.54) is 31.2 Å². The molecule has 98 valence electrons. The zero-order valence-corrected chi connectivity index (χ0v) is 11.7. The molecule has 0 aliphatic rings. The van der Waals surface area contributed by atoms with Crippen molar-refractivity contribution in [3.05, 3.63) is 35.9 Å². The second kappa shape index (κ2) is 9.74. The smallest absolute Gasteiger partial charge is 0.0320 e. The zero-order valence-electron chi connectivity index (χ0n) is 11.7. The van der Waals surface area contributed by atoms with Crippen LogP contribution < -0.4 is 5.32 Å². The van der Waals surface area contributed by atoms with Gasteiger partial charge in [-0.05, 0) is 18.9 Å². The number of hydrogen-bond acceptors (Lipinski definition) is 1. The van der Waals surface area contributed by atoms with Gasteiger partial charge in [0, 0.05) is 19.0 Å². The van der Waals surface area contributed by atoms with E-state index in [1.807, 2.05) is 6.92 Å². The first kappa shape index (κ1) is 14.8. The third-order valence-electron chi connectivity index (χ3n) is 3.12. The van der Waals surface area contributed by atoms with Gasteiger partial charge in [-0.15, -0.1) is 11.8 Å². The summed E-state index contributed by atoms with van der Waals surface area (Å²) in [6.45, 7) is 5.13. The van der Waals surface area contributed by atoms with Gasteiger partial charge in [0.2, 0.25) is 0 Å². The minimum absolute atomic E-state index is 0.483. The van der Waals surface area contributed by atoms with E-state index >= 15 is 0 Å². The number of hydrogen-bond donors (Lipinski definition) is 1. The van der Waals surface area contributed by atoms with Gasteiger partial charge >= 0.3 is 0 Å². The fourth-order valence-electron chi connectivity index (χ4n) is 2.10. The van der Waals surface area contributed by atoms with Gasteiger partial charge in [0.05, 0.1) is 0 Å². The van der Waals surface area contributed by atoms with Crippen LogP contribution >= 0.6 is 0 Å². The lowest BCUT2D eigenvalue weighted by molar-refractivity contribution is 0.480. The van der Waals surface area contributed by atoms with Crippen molar-refractivity contribution in [1.82, 2.24) is 5.32 Å². The molecule has 1 aromatic carbocycles. The van der Waals surface area contributed by atoms with Crippen LogP contribution in [0.15, 0.2) is 30.3 Å². The number of rotatable bonds is 8. The maximum absolute atomic E-state index is 3.63. The second-order valence-electron chi connectivity index (χ2n) is 4.59. The lowest BCUT2D eigenvalue weighted by atomic mass is 10.0. The van der Waals surface area contributed by atoms with Gasteiger partial charge in [-0.2, -0.15) is 0 Å². The average Bonchev–Trinajstić information content (AvgIpc) is 2.42. The fourth-order valence-corrected chi connectivity index (χ4v) is 2.10. The van der Waals surface area contributed by atoms with E-state index in [0.717, 1.165) is 13.0 Å². The summed E-state index contributed by atoms with van der Waals surface area (Å²) in [5.74, 6) is 6.05. The van der Waals surface area contributed by atoms with E-state index < -0.39 is 0 Å². The molecule has 1 rings (SSSR count). The molecular weight excluding hydrogens is 218 g/mol. The minimum atomic E-state index is 0.483. The van der Waals surface area contributed by atoms with Crippen LogP contribution in [0.4, 0.5) is 0 Å². The molecule has 0 radical (unpaired) electrons. The summed E-state index contributed by atoms with van der Waals surface area (Å²) >= 11 is 0. The number of nitrogens with one attached hydrogen (secondary N) is 1. The van der Waals surface area contributed by atoms with Crippen LogP contribution in [0, 0.1) is 11.8 Å². The largest absolute Gasteiger partial charge is 0.309 e. The molecule has 1 aromatic rings. The molecule has 1 N–H and O–H groups in total. The average molecular weight is 243 g/mol. The Morgan fingerprint density at radius 3 is 2.61 bits per heavy atom. The quantitative estimate of drug-likeness (QED) is 0.530. The molecule has 0 saturated carbocycles. The Hall–Kier alpha value is -1.26. The van der Waals surface area contributed by atoms with Gasteiger partial charge < -0.3 is 5.32 Å². The minimum Gasteiger partial charge on any atom is -0.309 e. The molecular formula is C17H25N. The predicted octanol–water partition coefficient (Wildman–Crippen LogP) is 4.31. The summed E-state index contributed by atoms with van der Waals surface area (Å²) in [7, 11) is 0. The van der Waals surface area contributed by atoms with Gasteiger partial charge in [-0.25, -0.2) is 0 Å². The molecule has 18 heavy (non-hydrogen) atoms. The molecule has 0 aliphatic heterocycles. The summed E-state index contributed by atoms with van der Waals surface area (Å²) in [5, 5.41) is 3.63. The van der Waals surface area contributed by atoms with Crippen LogP contribution in [0.25, 0.3) is 0 Å².